The monoisotopic (exact) mass is 343 g/mol. The van der Waals surface area contributed by atoms with Gasteiger partial charge in [0.15, 0.2) is 0 Å². The molecule has 0 heterocycles. The van der Waals surface area contributed by atoms with Gasteiger partial charge in [-0.15, -0.1) is 0 Å². The second-order valence-corrected chi connectivity index (χ2v) is 7.09. The zero-order valence-electron chi connectivity index (χ0n) is 13.5. The van der Waals surface area contributed by atoms with Crippen molar-refractivity contribution >= 4 is 27.6 Å². The molecule has 8 nitrogen and oxygen atoms in total. The molecule has 0 atom stereocenters. The van der Waals surface area contributed by atoms with E-state index in [2.05, 4.69) is 5.32 Å². The first kappa shape index (κ1) is 19.1. The highest BCUT2D eigenvalue weighted by Gasteiger charge is 2.34. The number of carbonyl (C=O) groups excluding carboxylic acids is 2. The molecular weight excluding hydrogens is 322 g/mol. The van der Waals surface area contributed by atoms with Crippen LogP contribution in [0.1, 0.15) is 13.8 Å². The number of amides is 1. The third-order valence-electron chi connectivity index (χ3n) is 3.49. The predicted octanol–water partition coefficient (Wildman–Crippen LogP) is 0.156. The van der Waals surface area contributed by atoms with Gasteiger partial charge in [-0.2, -0.15) is 0 Å². The highest BCUT2D eigenvalue weighted by Crippen LogP contribution is 2.15. The Morgan fingerprint density at radius 1 is 1.26 bits per heavy atom. The number of likely N-dealkylation sites (N-methyl/N-ethyl adjacent to an activating group) is 1. The average molecular weight is 343 g/mol. The summed E-state index contributed by atoms with van der Waals surface area (Å²) >= 11 is 0. The first-order chi connectivity index (χ1) is 10.5. The average Bonchev–Trinajstić information content (AvgIpc) is 2.45. The molecule has 1 rings (SSSR count). The largest absolute Gasteiger partial charge is 0.468 e. The fourth-order valence-electron chi connectivity index (χ4n) is 1.75. The number of esters is 1. The lowest BCUT2D eigenvalue weighted by atomic mass is 10.0. The summed E-state index contributed by atoms with van der Waals surface area (Å²) in [6.45, 7) is 3.25. The number of hydrogen-bond acceptors (Lipinski definition) is 6. The minimum atomic E-state index is -3.77. The van der Waals surface area contributed by atoms with E-state index in [1.54, 1.807) is 25.8 Å². The number of nitrogens with one attached hydrogen (secondary N) is 1. The summed E-state index contributed by atoms with van der Waals surface area (Å²) in [5.41, 5.74) is -0.532. The fourth-order valence-corrected chi connectivity index (χ4v) is 2.26. The van der Waals surface area contributed by atoms with Crippen LogP contribution in [0.15, 0.2) is 29.2 Å². The van der Waals surface area contributed by atoms with Crippen LogP contribution >= 0.6 is 0 Å². The number of nitrogens with zero attached hydrogens (tertiary/aromatic N) is 1. The molecule has 0 aliphatic rings. The van der Waals surface area contributed by atoms with Gasteiger partial charge >= 0.3 is 5.97 Å². The van der Waals surface area contributed by atoms with E-state index in [-0.39, 0.29) is 17.3 Å². The van der Waals surface area contributed by atoms with Crippen LogP contribution in [0, 0.1) is 0 Å². The lowest BCUT2D eigenvalue weighted by Gasteiger charge is -2.32. The number of ether oxygens (including phenoxy) is 1. The highest BCUT2D eigenvalue weighted by molar-refractivity contribution is 7.89. The van der Waals surface area contributed by atoms with E-state index in [4.69, 9.17) is 9.88 Å². The summed E-state index contributed by atoms with van der Waals surface area (Å²) in [5, 5.41) is 7.61. The van der Waals surface area contributed by atoms with Crippen molar-refractivity contribution in [2.24, 2.45) is 5.14 Å². The molecule has 0 saturated heterocycles. The molecule has 1 aromatic carbocycles. The van der Waals surface area contributed by atoms with Crippen LogP contribution in [0.2, 0.25) is 0 Å². The number of sulfonamides is 1. The van der Waals surface area contributed by atoms with Gasteiger partial charge in [-0.1, -0.05) is 0 Å². The quantitative estimate of drug-likeness (QED) is 0.710. The van der Waals surface area contributed by atoms with Gasteiger partial charge in [-0.3, -0.25) is 14.5 Å². The number of methoxy groups -OCH3 is 1. The van der Waals surface area contributed by atoms with E-state index in [1.165, 1.54) is 31.4 Å². The first-order valence-electron chi connectivity index (χ1n) is 6.71. The van der Waals surface area contributed by atoms with Crippen molar-refractivity contribution in [2.75, 3.05) is 26.0 Å². The second-order valence-electron chi connectivity index (χ2n) is 5.52. The van der Waals surface area contributed by atoms with Crippen LogP contribution in [0.25, 0.3) is 0 Å². The summed E-state index contributed by atoms with van der Waals surface area (Å²) in [6.07, 6.45) is 0. The number of anilines is 1. The summed E-state index contributed by atoms with van der Waals surface area (Å²) in [6, 6.07) is 5.46. The van der Waals surface area contributed by atoms with Crippen molar-refractivity contribution in [1.29, 1.82) is 0 Å². The Bertz CT molecular complexity index is 683. The molecule has 128 valence electrons. The third-order valence-corrected chi connectivity index (χ3v) is 4.42. The summed E-state index contributed by atoms with van der Waals surface area (Å²) in [4.78, 5) is 25.2. The molecule has 0 aromatic heterocycles. The van der Waals surface area contributed by atoms with Gasteiger partial charge in [0.05, 0.1) is 18.6 Å². The standard InChI is InChI=1S/C14H21N3O5S/c1-14(2,13(19)22-4)17(3)9-12(18)16-10-5-7-11(8-6-10)23(15,20)21/h5-8H,9H2,1-4H3,(H,16,18)(H2,15,20,21). The SMILES string of the molecule is COC(=O)C(C)(C)N(C)CC(=O)Nc1ccc(S(N)(=O)=O)cc1. The fraction of sp³-hybridized carbons (Fsp3) is 0.429. The third kappa shape index (κ3) is 5.02. The topological polar surface area (TPSA) is 119 Å². The molecule has 0 spiro atoms. The number of primary sulfonamides is 1. The molecular formula is C14H21N3O5S. The van der Waals surface area contributed by atoms with Crippen molar-refractivity contribution in [2.45, 2.75) is 24.3 Å². The molecule has 9 heteroatoms. The summed E-state index contributed by atoms with van der Waals surface area (Å²) in [5.74, 6) is -0.807. The maximum Gasteiger partial charge on any atom is 0.325 e. The second kappa shape index (κ2) is 7.07. The van der Waals surface area contributed by atoms with E-state index >= 15 is 0 Å². The van der Waals surface area contributed by atoms with Crippen molar-refractivity contribution in [3.05, 3.63) is 24.3 Å². The minimum absolute atomic E-state index is 0.0422. The van der Waals surface area contributed by atoms with Crippen molar-refractivity contribution < 1.29 is 22.7 Å². The van der Waals surface area contributed by atoms with Gasteiger partial charge in [-0.05, 0) is 45.2 Å². The van der Waals surface area contributed by atoms with E-state index in [9.17, 15) is 18.0 Å². The normalized spacial score (nSPS) is 12.1. The Hall–Kier alpha value is -1.97. The van der Waals surface area contributed by atoms with E-state index < -0.39 is 21.5 Å². The number of hydrogen-bond donors (Lipinski definition) is 2. The molecule has 1 aromatic rings. The number of nitrogens with two attached hydrogens (primary N) is 1. The van der Waals surface area contributed by atoms with Crippen LogP contribution in [0.4, 0.5) is 5.69 Å². The van der Waals surface area contributed by atoms with Gasteiger partial charge in [0.2, 0.25) is 15.9 Å². The first-order valence-corrected chi connectivity index (χ1v) is 8.25. The lowest BCUT2D eigenvalue weighted by molar-refractivity contribution is -0.152. The molecule has 0 aliphatic carbocycles. The Balaban J connectivity index is 2.72. The number of rotatable bonds is 6. The molecule has 0 unspecified atom stereocenters. The smallest absolute Gasteiger partial charge is 0.325 e. The van der Waals surface area contributed by atoms with Gasteiger partial charge in [-0.25, -0.2) is 13.6 Å². The van der Waals surface area contributed by atoms with Crippen molar-refractivity contribution in [3.8, 4) is 0 Å². The molecule has 0 saturated carbocycles. The van der Waals surface area contributed by atoms with Crippen LogP contribution in [0.3, 0.4) is 0 Å². The Kier molecular flexibility index (Phi) is 5.86. The Morgan fingerprint density at radius 3 is 2.22 bits per heavy atom. The predicted molar refractivity (Wildman–Crippen MR) is 85.2 cm³/mol. The van der Waals surface area contributed by atoms with E-state index in [1.807, 2.05) is 0 Å². The maximum absolute atomic E-state index is 12.0. The summed E-state index contributed by atoms with van der Waals surface area (Å²) in [7, 11) is -0.863. The van der Waals surface area contributed by atoms with Crippen molar-refractivity contribution in [1.82, 2.24) is 4.90 Å². The van der Waals surface area contributed by atoms with Crippen LogP contribution in [0.5, 0.6) is 0 Å². The molecule has 23 heavy (non-hydrogen) atoms. The number of carbonyl (C=O) groups is 2. The van der Waals surface area contributed by atoms with Gasteiger partial charge < -0.3 is 10.1 Å². The molecule has 1 amide bonds. The van der Waals surface area contributed by atoms with Crippen LogP contribution in [-0.2, 0) is 24.3 Å². The Labute approximate surface area is 135 Å². The van der Waals surface area contributed by atoms with Gasteiger partial charge in [0, 0.05) is 5.69 Å². The molecule has 0 radical (unpaired) electrons. The molecule has 0 fully saturated rings. The van der Waals surface area contributed by atoms with E-state index in [0.717, 1.165) is 0 Å². The highest BCUT2D eigenvalue weighted by atomic mass is 32.2. The van der Waals surface area contributed by atoms with Gasteiger partial charge in [0.25, 0.3) is 0 Å². The molecule has 0 aliphatic heterocycles. The summed E-state index contributed by atoms with van der Waals surface area (Å²) < 4.78 is 27.0. The maximum atomic E-state index is 12.0. The van der Waals surface area contributed by atoms with E-state index in [0.29, 0.717) is 5.69 Å². The molecule has 0 bridgehead atoms. The zero-order chi connectivity index (χ0) is 17.8. The lowest BCUT2D eigenvalue weighted by Crippen LogP contribution is -2.51. The van der Waals surface area contributed by atoms with Gasteiger partial charge in [0.1, 0.15) is 5.54 Å². The van der Waals surface area contributed by atoms with Crippen LogP contribution < -0.4 is 10.5 Å². The van der Waals surface area contributed by atoms with Crippen molar-refractivity contribution in [3.63, 3.8) is 0 Å². The minimum Gasteiger partial charge on any atom is -0.468 e. The molecule has 3 N–H and O–H groups in total. The zero-order valence-corrected chi connectivity index (χ0v) is 14.3. The Morgan fingerprint density at radius 2 is 1.78 bits per heavy atom. The van der Waals surface area contributed by atoms with Crippen LogP contribution in [-0.4, -0.2) is 51.4 Å². The number of benzene rings is 1.